The first-order chi connectivity index (χ1) is 7.88. The molecule has 96 valence electrons. The lowest BCUT2D eigenvalue weighted by atomic mass is 10.2. The number of halogens is 2. The van der Waals surface area contributed by atoms with Crippen LogP contribution >= 0.6 is 23.2 Å². The number of rotatable bonds is 6. The van der Waals surface area contributed by atoms with Crippen LogP contribution in [0.2, 0.25) is 10.0 Å². The largest absolute Gasteiger partial charge is 0.313 e. The highest BCUT2D eigenvalue weighted by Crippen LogP contribution is 2.20. The van der Waals surface area contributed by atoms with E-state index in [2.05, 4.69) is 5.32 Å². The molecule has 3 nitrogen and oxygen atoms in total. The summed E-state index contributed by atoms with van der Waals surface area (Å²) in [7, 11) is -2.87. The van der Waals surface area contributed by atoms with Crippen LogP contribution in [-0.4, -0.2) is 27.0 Å². The molecule has 0 bridgehead atoms. The van der Waals surface area contributed by atoms with Crippen LogP contribution in [0.3, 0.4) is 0 Å². The molecule has 0 amide bonds. The van der Waals surface area contributed by atoms with E-state index in [4.69, 9.17) is 23.2 Å². The van der Waals surface area contributed by atoms with Gasteiger partial charge in [0.2, 0.25) is 0 Å². The molecule has 1 N–H and O–H groups in total. The van der Waals surface area contributed by atoms with Crippen LogP contribution in [0, 0.1) is 0 Å². The highest BCUT2D eigenvalue weighted by Gasteiger charge is 2.02. The zero-order chi connectivity index (χ0) is 12.9. The Bertz CT molecular complexity index is 474. The van der Waals surface area contributed by atoms with Crippen molar-refractivity contribution in [1.82, 2.24) is 5.32 Å². The van der Waals surface area contributed by atoms with E-state index in [1.165, 1.54) is 6.26 Å². The van der Waals surface area contributed by atoms with E-state index in [1.54, 1.807) is 12.1 Å². The van der Waals surface area contributed by atoms with E-state index < -0.39 is 9.84 Å². The molecule has 0 aliphatic rings. The molecule has 0 radical (unpaired) electrons. The van der Waals surface area contributed by atoms with Gasteiger partial charge in [0.1, 0.15) is 9.84 Å². The Balaban J connectivity index is 2.32. The van der Waals surface area contributed by atoms with Crippen LogP contribution in [0.1, 0.15) is 12.0 Å². The molecule has 0 aliphatic carbocycles. The van der Waals surface area contributed by atoms with E-state index in [-0.39, 0.29) is 5.75 Å². The van der Waals surface area contributed by atoms with Crippen molar-refractivity contribution in [3.63, 3.8) is 0 Å². The van der Waals surface area contributed by atoms with Crippen LogP contribution in [-0.2, 0) is 16.4 Å². The highest BCUT2D eigenvalue weighted by molar-refractivity contribution is 7.90. The van der Waals surface area contributed by atoms with Gasteiger partial charge in [-0.05, 0) is 30.7 Å². The van der Waals surface area contributed by atoms with Gasteiger partial charge in [-0.3, -0.25) is 0 Å². The summed E-state index contributed by atoms with van der Waals surface area (Å²) in [4.78, 5) is 0. The number of benzene rings is 1. The van der Waals surface area contributed by atoms with E-state index >= 15 is 0 Å². The zero-order valence-electron chi connectivity index (χ0n) is 9.54. The lowest BCUT2D eigenvalue weighted by Crippen LogP contribution is -2.18. The summed E-state index contributed by atoms with van der Waals surface area (Å²) in [6.07, 6.45) is 1.84. The normalized spacial score (nSPS) is 11.7. The Morgan fingerprint density at radius 1 is 1.29 bits per heavy atom. The van der Waals surface area contributed by atoms with Crippen LogP contribution in [0.4, 0.5) is 0 Å². The molecule has 1 rings (SSSR count). The predicted molar refractivity (Wildman–Crippen MR) is 72.5 cm³/mol. The molecule has 6 heteroatoms. The van der Waals surface area contributed by atoms with E-state index in [9.17, 15) is 8.42 Å². The molecular weight excluding hydrogens is 281 g/mol. The molecule has 0 aromatic heterocycles. The molecule has 1 aromatic carbocycles. The van der Waals surface area contributed by atoms with Gasteiger partial charge < -0.3 is 5.32 Å². The fourth-order valence-electron chi connectivity index (χ4n) is 1.35. The summed E-state index contributed by atoms with van der Waals surface area (Å²) in [5.74, 6) is 0.203. The van der Waals surface area contributed by atoms with Crippen molar-refractivity contribution in [2.45, 2.75) is 13.0 Å². The van der Waals surface area contributed by atoms with Gasteiger partial charge in [-0.2, -0.15) is 0 Å². The molecule has 0 spiro atoms. The van der Waals surface area contributed by atoms with Crippen LogP contribution < -0.4 is 5.32 Å². The van der Waals surface area contributed by atoms with Gasteiger partial charge in [0.15, 0.2) is 0 Å². The Hall–Kier alpha value is -0.290. The minimum atomic E-state index is -2.87. The molecule has 0 saturated heterocycles. The lowest BCUT2D eigenvalue weighted by Gasteiger charge is -2.06. The van der Waals surface area contributed by atoms with Crippen LogP contribution in [0.25, 0.3) is 0 Å². The fraction of sp³-hybridized carbons (Fsp3) is 0.455. The maximum absolute atomic E-state index is 10.9. The van der Waals surface area contributed by atoms with Crippen LogP contribution in [0.15, 0.2) is 18.2 Å². The van der Waals surface area contributed by atoms with Gasteiger partial charge in [-0.15, -0.1) is 0 Å². The molecule has 0 unspecified atom stereocenters. The van der Waals surface area contributed by atoms with Crippen molar-refractivity contribution in [3.05, 3.63) is 33.8 Å². The second kappa shape index (κ2) is 6.59. The quantitative estimate of drug-likeness (QED) is 0.821. The maximum atomic E-state index is 10.9. The van der Waals surface area contributed by atoms with Crippen molar-refractivity contribution < 1.29 is 8.42 Å². The van der Waals surface area contributed by atoms with Crippen molar-refractivity contribution in [2.24, 2.45) is 0 Å². The molecule has 1 aromatic rings. The second-order valence-corrected chi connectivity index (χ2v) is 7.00. The summed E-state index contributed by atoms with van der Waals surface area (Å²) in [5.41, 5.74) is 0.954. The van der Waals surface area contributed by atoms with Gasteiger partial charge in [0.05, 0.1) is 5.75 Å². The number of nitrogens with one attached hydrogen (secondary N) is 1. The van der Waals surface area contributed by atoms with Crippen LogP contribution in [0.5, 0.6) is 0 Å². The second-order valence-electron chi connectivity index (χ2n) is 3.90. The van der Waals surface area contributed by atoms with Gasteiger partial charge in [-0.1, -0.05) is 29.3 Å². The standard InChI is InChI=1S/C11H15Cl2NO2S/c1-17(15,16)6-2-5-14-8-9-3-4-10(12)7-11(9)13/h3-4,7,14H,2,5-6,8H2,1H3. The summed E-state index contributed by atoms with van der Waals surface area (Å²) >= 11 is 11.8. The Labute approximate surface area is 112 Å². The fourth-order valence-corrected chi connectivity index (χ4v) is 2.49. The van der Waals surface area contributed by atoms with Gasteiger partial charge in [0.25, 0.3) is 0 Å². The van der Waals surface area contributed by atoms with Crippen molar-refractivity contribution in [1.29, 1.82) is 0 Å². The highest BCUT2D eigenvalue weighted by atomic mass is 35.5. The molecular formula is C11H15Cl2NO2S. The third kappa shape index (κ3) is 6.27. The maximum Gasteiger partial charge on any atom is 0.147 e. The Morgan fingerprint density at radius 2 is 2.00 bits per heavy atom. The summed E-state index contributed by atoms with van der Waals surface area (Å²) in [6, 6.07) is 5.33. The first kappa shape index (κ1) is 14.8. The molecule has 17 heavy (non-hydrogen) atoms. The summed E-state index contributed by atoms with van der Waals surface area (Å²) in [5, 5.41) is 4.37. The van der Waals surface area contributed by atoms with Gasteiger partial charge in [0, 0.05) is 22.8 Å². The molecule has 0 atom stereocenters. The smallest absolute Gasteiger partial charge is 0.147 e. The number of hydrogen-bond donors (Lipinski definition) is 1. The molecule has 0 saturated carbocycles. The minimum absolute atomic E-state index is 0.203. The molecule has 0 fully saturated rings. The third-order valence-electron chi connectivity index (χ3n) is 2.20. The van der Waals surface area contributed by atoms with E-state index in [1.807, 2.05) is 6.07 Å². The van der Waals surface area contributed by atoms with Crippen molar-refractivity contribution in [3.8, 4) is 0 Å². The molecule has 0 heterocycles. The average Bonchev–Trinajstić information content (AvgIpc) is 2.18. The Morgan fingerprint density at radius 3 is 2.59 bits per heavy atom. The van der Waals surface area contributed by atoms with E-state index in [0.717, 1.165) is 5.56 Å². The SMILES string of the molecule is CS(=O)(=O)CCCNCc1ccc(Cl)cc1Cl. The third-order valence-corrected chi connectivity index (χ3v) is 3.82. The minimum Gasteiger partial charge on any atom is -0.313 e. The first-order valence-corrected chi connectivity index (χ1v) is 8.02. The topological polar surface area (TPSA) is 46.2 Å². The van der Waals surface area contributed by atoms with Crippen molar-refractivity contribution >= 4 is 33.0 Å². The number of hydrogen-bond acceptors (Lipinski definition) is 3. The lowest BCUT2D eigenvalue weighted by molar-refractivity contribution is 0.594. The monoisotopic (exact) mass is 295 g/mol. The number of sulfone groups is 1. The summed E-state index contributed by atoms with van der Waals surface area (Å²) < 4.78 is 21.8. The van der Waals surface area contributed by atoms with E-state index in [0.29, 0.717) is 29.6 Å². The van der Waals surface area contributed by atoms with Gasteiger partial charge in [-0.25, -0.2) is 8.42 Å². The first-order valence-electron chi connectivity index (χ1n) is 5.21. The zero-order valence-corrected chi connectivity index (χ0v) is 11.9. The Kier molecular flexibility index (Phi) is 5.73. The van der Waals surface area contributed by atoms with Crippen molar-refractivity contribution in [2.75, 3.05) is 18.6 Å². The predicted octanol–water partition coefficient (Wildman–Crippen LogP) is 2.52. The van der Waals surface area contributed by atoms with Gasteiger partial charge >= 0.3 is 0 Å². The molecule has 0 aliphatic heterocycles. The average molecular weight is 296 g/mol. The summed E-state index contributed by atoms with van der Waals surface area (Å²) in [6.45, 7) is 1.26.